The summed E-state index contributed by atoms with van der Waals surface area (Å²) in [6.07, 6.45) is 3.88. The second-order valence-corrected chi connectivity index (χ2v) is 14.8. The SMILES string of the molecule is C=CC(=O)OCCOC(=O)CCC(=O)Oc1ccc(OC(=O)C2CCC(C(=O)Oc3ccc(OC(=O)CCC(=O)OCCOC(=O)C=C)c(C(=O)OCCCC)c3)CC2)cc1C(=O)OCCCC. The lowest BCUT2D eigenvalue weighted by Gasteiger charge is -2.26. The number of rotatable bonds is 28. The molecule has 0 saturated heterocycles. The first-order valence-corrected chi connectivity index (χ1v) is 22.0. The summed E-state index contributed by atoms with van der Waals surface area (Å²) in [7, 11) is 0. The van der Waals surface area contributed by atoms with E-state index in [4.69, 9.17) is 47.4 Å². The average Bonchev–Trinajstić information content (AvgIpc) is 3.33. The Morgan fingerprint density at radius 2 is 0.824 bits per heavy atom. The Morgan fingerprint density at radius 1 is 0.471 bits per heavy atom. The number of carbonyl (C=O) groups excluding carboxylic acids is 10. The summed E-state index contributed by atoms with van der Waals surface area (Å²) in [5.41, 5.74) is -0.413. The van der Waals surface area contributed by atoms with Crippen LogP contribution in [0.25, 0.3) is 0 Å². The fourth-order valence-corrected chi connectivity index (χ4v) is 5.99. The fraction of sp³-hybridized carbons (Fsp3) is 0.458. The van der Waals surface area contributed by atoms with Crippen LogP contribution in [0.4, 0.5) is 0 Å². The van der Waals surface area contributed by atoms with E-state index in [1.54, 1.807) is 0 Å². The Balaban J connectivity index is 1.59. The lowest BCUT2D eigenvalue weighted by molar-refractivity contribution is -0.151. The van der Waals surface area contributed by atoms with Crippen LogP contribution < -0.4 is 18.9 Å². The zero-order chi connectivity index (χ0) is 49.8. The molecule has 368 valence electrons. The molecule has 0 atom stereocenters. The quantitative estimate of drug-likeness (QED) is 0.0319. The number of esters is 10. The molecule has 0 unspecified atom stereocenters. The van der Waals surface area contributed by atoms with Crippen LogP contribution in [-0.4, -0.2) is 99.3 Å². The Labute approximate surface area is 392 Å². The molecule has 68 heavy (non-hydrogen) atoms. The van der Waals surface area contributed by atoms with Gasteiger partial charge in [0, 0.05) is 12.2 Å². The summed E-state index contributed by atoms with van der Waals surface area (Å²) in [5.74, 6) is -9.34. The van der Waals surface area contributed by atoms with Gasteiger partial charge in [-0.3, -0.25) is 28.8 Å². The van der Waals surface area contributed by atoms with Gasteiger partial charge in [-0.1, -0.05) is 39.8 Å². The average molecular weight is 953 g/mol. The first-order valence-electron chi connectivity index (χ1n) is 22.0. The van der Waals surface area contributed by atoms with Crippen molar-refractivity contribution in [2.45, 2.75) is 90.9 Å². The highest BCUT2D eigenvalue weighted by Gasteiger charge is 2.33. The molecule has 20 nitrogen and oxygen atoms in total. The fourth-order valence-electron chi connectivity index (χ4n) is 5.99. The minimum Gasteiger partial charge on any atom is -0.462 e. The maximum Gasteiger partial charge on any atom is 0.342 e. The maximum atomic E-state index is 13.3. The Bertz CT molecular complexity index is 1980. The summed E-state index contributed by atoms with van der Waals surface area (Å²) < 4.78 is 51.8. The molecule has 2 aromatic rings. The molecule has 0 aliphatic heterocycles. The molecule has 0 aromatic heterocycles. The standard InChI is InChI=1S/C48H56O20/c1-5-9-23-63-47(57)35-29-33(15-17-37(35)67-43(53)21-19-41(51)61-27-25-59-39(49)7-3)65-45(55)31-11-13-32(14-12-31)46(56)66-34-16-18-38(36(30-34)48(58)64-24-10-6-2)68-44(54)22-20-42(52)62-28-26-60-40(50)8-4/h7-8,15-18,29-32H,3-6,9-14,19-28H2,1-2H3. The Morgan fingerprint density at radius 3 is 1.18 bits per heavy atom. The van der Waals surface area contributed by atoms with Crippen LogP contribution in [0.3, 0.4) is 0 Å². The zero-order valence-electron chi connectivity index (χ0n) is 38.1. The number of benzene rings is 2. The van der Waals surface area contributed by atoms with E-state index in [-0.39, 0.29) is 112 Å². The van der Waals surface area contributed by atoms with Crippen molar-refractivity contribution < 1.29 is 95.3 Å². The van der Waals surface area contributed by atoms with Gasteiger partial charge in [0.05, 0.1) is 50.7 Å². The second kappa shape index (κ2) is 30.0. The van der Waals surface area contributed by atoms with E-state index in [1.807, 2.05) is 13.8 Å². The molecule has 0 heterocycles. The van der Waals surface area contributed by atoms with Crippen molar-refractivity contribution in [3.05, 3.63) is 72.8 Å². The van der Waals surface area contributed by atoms with Crippen LogP contribution in [0.15, 0.2) is 61.7 Å². The highest BCUT2D eigenvalue weighted by molar-refractivity contribution is 5.95. The van der Waals surface area contributed by atoms with Crippen molar-refractivity contribution >= 4 is 59.7 Å². The van der Waals surface area contributed by atoms with Gasteiger partial charge in [-0.25, -0.2) is 19.2 Å². The molecule has 1 aliphatic carbocycles. The van der Waals surface area contributed by atoms with Crippen LogP contribution in [0.2, 0.25) is 0 Å². The second-order valence-electron chi connectivity index (χ2n) is 14.8. The topological polar surface area (TPSA) is 263 Å². The number of hydrogen-bond donors (Lipinski definition) is 0. The first-order chi connectivity index (χ1) is 32.7. The van der Waals surface area contributed by atoms with Crippen LogP contribution in [-0.2, 0) is 66.8 Å². The van der Waals surface area contributed by atoms with E-state index in [0.717, 1.165) is 25.0 Å². The summed E-state index contributed by atoms with van der Waals surface area (Å²) in [4.78, 5) is 124. The molecule has 3 rings (SSSR count). The number of ether oxygens (including phenoxy) is 10. The van der Waals surface area contributed by atoms with Crippen molar-refractivity contribution in [2.75, 3.05) is 39.6 Å². The van der Waals surface area contributed by atoms with E-state index in [1.165, 1.54) is 36.4 Å². The third-order valence-corrected chi connectivity index (χ3v) is 9.66. The van der Waals surface area contributed by atoms with E-state index >= 15 is 0 Å². The van der Waals surface area contributed by atoms with Crippen LogP contribution in [0, 0.1) is 11.8 Å². The summed E-state index contributed by atoms with van der Waals surface area (Å²) in [6.45, 7) is 9.57. The van der Waals surface area contributed by atoms with E-state index in [2.05, 4.69) is 13.2 Å². The van der Waals surface area contributed by atoms with Gasteiger partial charge >= 0.3 is 59.7 Å². The molecule has 2 aromatic carbocycles. The van der Waals surface area contributed by atoms with Gasteiger partial charge in [0.15, 0.2) is 0 Å². The largest absolute Gasteiger partial charge is 0.462 e. The van der Waals surface area contributed by atoms with Gasteiger partial charge in [0.2, 0.25) is 0 Å². The molecular weight excluding hydrogens is 897 g/mol. The summed E-state index contributed by atoms with van der Waals surface area (Å²) in [6, 6.07) is 7.53. The van der Waals surface area contributed by atoms with Crippen molar-refractivity contribution in [3.8, 4) is 23.0 Å². The van der Waals surface area contributed by atoms with Crippen molar-refractivity contribution in [2.24, 2.45) is 11.8 Å². The molecule has 0 N–H and O–H groups in total. The van der Waals surface area contributed by atoms with Gasteiger partial charge in [0.25, 0.3) is 0 Å². The molecular formula is C48H56O20. The van der Waals surface area contributed by atoms with Crippen molar-refractivity contribution in [1.82, 2.24) is 0 Å². The smallest absolute Gasteiger partial charge is 0.342 e. The normalized spacial score (nSPS) is 13.9. The monoisotopic (exact) mass is 952 g/mol. The molecule has 20 heteroatoms. The van der Waals surface area contributed by atoms with Gasteiger partial charge in [0.1, 0.15) is 60.6 Å². The number of hydrogen-bond acceptors (Lipinski definition) is 20. The minimum absolute atomic E-state index is 0.0409. The lowest BCUT2D eigenvalue weighted by Crippen LogP contribution is -2.30. The first kappa shape index (κ1) is 55.0. The lowest BCUT2D eigenvalue weighted by atomic mass is 9.82. The van der Waals surface area contributed by atoms with Crippen molar-refractivity contribution in [1.29, 1.82) is 0 Å². The molecule has 0 amide bonds. The van der Waals surface area contributed by atoms with Crippen LogP contribution in [0.5, 0.6) is 23.0 Å². The Kier molecular flexibility index (Phi) is 24.3. The predicted octanol–water partition coefficient (Wildman–Crippen LogP) is 5.83. The maximum absolute atomic E-state index is 13.3. The van der Waals surface area contributed by atoms with Crippen LogP contribution >= 0.6 is 0 Å². The molecule has 0 bridgehead atoms. The molecule has 0 radical (unpaired) electrons. The van der Waals surface area contributed by atoms with Gasteiger partial charge in [-0.15, -0.1) is 0 Å². The van der Waals surface area contributed by atoms with Crippen molar-refractivity contribution in [3.63, 3.8) is 0 Å². The third-order valence-electron chi connectivity index (χ3n) is 9.66. The van der Waals surface area contributed by atoms with Gasteiger partial charge < -0.3 is 47.4 Å². The molecule has 1 saturated carbocycles. The Hall–Kier alpha value is -7.38. The highest BCUT2D eigenvalue weighted by Crippen LogP contribution is 2.34. The number of unbranched alkanes of at least 4 members (excludes halogenated alkanes) is 2. The summed E-state index contributed by atoms with van der Waals surface area (Å²) in [5, 5.41) is 0. The highest BCUT2D eigenvalue weighted by atomic mass is 16.6. The predicted molar refractivity (Wildman–Crippen MR) is 234 cm³/mol. The molecule has 1 fully saturated rings. The number of carbonyl (C=O) groups is 10. The molecule has 0 spiro atoms. The van der Waals surface area contributed by atoms with Crippen LogP contribution in [0.1, 0.15) is 112 Å². The zero-order valence-corrected chi connectivity index (χ0v) is 38.1. The molecule has 1 aliphatic rings. The third kappa shape index (κ3) is 20.0. The van der Waals surface area contributed by atoms with Gasteiger partial charge in [-0.05, 0) is 74.9 Å². The summed E-state index contributed by atoms with van der Waals surface area (Å²) >= 11 is 0. The van der Waals surface area contributed by atoms with Gasteiger partial charge in [-0.2, -0.15) is 0 Å². The van der Waals surface area contributed by atoms with E-state index < -0.39 is 84.4 Å². The van der Waals surface area contributed by atoms with E-state index in [0.29, 0.717) is 12.8 Å². The van der Waals surface area contributed by atoms with E-state index in [9.17, 15) is 47.9 Å². The minimum atomic E-state index is -0.871.